The van der Waals surface area contributed by atoms with Crippen LogP contribution in [0.2, 0.25) is 0 Å². The highest BCUT2D eigenvalue weighted by Crippen LogP contribution is 2.15. The molecule has 0 aliphatic heterocycles. The van der Waals surface area contributed by atoms with Gasteiger partial charge in [0.15, 0.2) is 15.8 Å². The Hall–Kier alpha value is -1.03. The van der Waals surface area contributed by atoms with Gasteiger partial charge in [-0.15, -0.1) is 24.0 Å². The van der Waals surface area contributed by atoms with Crippen LogP contribution < -0.4 is 15.5 Å². The van der Waals surface area contributed by atoms with Crippen LogP contribution in [0.3, 0.4) is 0 Å². The summed E-state index contributed by atoms with van der Waals surface area (Å²) in [5.74, 6) is 0.705. The van der Waals surface area contributed by atoms with Gasteiger partial charge in [-0.1, -0.05) is 12.1 Å². The largest absolute Gasteiger partial charge is 0.370 e. The van der Waals surface area contributed by atoms with Crippen molar-refractivity contribution in [3.8, 4) is 0 Å². The molecule has 0 saturated heterocycles. The predicted octanol–water partition coefficient (Wildman–Crippen LogP) is 2.82. The number of aliphatic imine (C=N–C) groups is 1. The van der Waals surface area contributed by atoms with E-state index in [4.69, 9.17) is 0 Å². The van der Waals surface area contributed by atoms with Crippen molar-refractivity contribution in [2.75, 3.05) is 43.9 Å². The zero-order valence-electron chi connectivity index (χ0n) is 17.4. The third-order valence-electron chi connectivity index (χ3n) is 4.24. The molecule has 0 aliphatic rings. The number of anilines is 1. The van der Waals surface area contributed by atoms with Gasteiger partial charge in [0.1, 0.15) is 0 Å². The minimum Gasteiger partial charge on any atom is -0.370 e. The summed E-state index contributed by atoms with van der Waals surface area (Å²) in [7, 11) is -1.45. The van der Waals surface area contributed by atoms with Crippen LogP contribution in [-0.4, -0.2) is 58.1 Å². The second-order valence-corrected chi connectivity index (χ2v) is 10.1. The van der Waals surface area contributed by atoms with Crippen molar-refractivity contribution >= 4 is 45.5 Å². The Bertz CT molecular complexity index is 700. The van der Waals surface area contributed by atoms with Crippen molar-refractivity contribution < 1.29 is 8.42 Å². The fourth-order valence-electron chi connectivity index (χ4n) is 2.43. The van der Waals surface area contributed by atoms with Gasteiger partial charge in [0, 0.05) is 38.9 Å². The third-order valence-corrected chi connectivity index (χ3v) is 6.85. The first-order valence-corrected chi connectivity index (χ1v) is 10.7. The Kier molecular flexibility index (Phi) is 11.3. The third kappa shape index (κ3) is 8.68. The Balaban J connectivity index is 0.00000676. The lowest BCUT2D eigenvalue weighted by Crippen LogP contribution is -2.44. The van der Waals surface area contributed by atoms with Gasteiger partial charge >= 0.3 is 0 Å². The maximum atomic E-state index is 12.1. The number of rotatable bonds is 8. The predicted molar refractivity (Wildman–Crippen MR) is 127 cm³/mol. The topological polar surface area (TPSA) is 73.8 Å². The highest BCUT2D eigenvalue weighted by molar-refractivity contribution is 14.0. The highest BCUT2D eigenvalue weighted by Gasteiger charge is 2.28. The number of guanidine groups is 1. The van der Waals surface area contributed by atoms with E-state index in [1.54, 1.807) is 27.8 Å². The summed E-state index contributed by atoms with van der Waals surface area (Å²) < 4.78 is 23.5. The number of likely N-dealkylation sites (N-methyl/N-ethyl adjacent to an activating group) is 1. The molecule has 0 heterocycles. The molecule has 0 saturated carbocycles. The Morgan fingerprint density at radius 1 is 1.19 bits per heavy atom. The SMILES string of the molecule is CCN(CCNC(=NC)NCCS(=O)(=O)C(C)(C)C)c1cccc(C)c1.I. The van der Waals surface area contributed by atoms with E-state index in [2.05, 4.69) is 58.6 Å². The van der Waals surface area contributed by atoms with Crippen LogP contribution in [-0.2, 0) is 9.84 Å². The molecule has 1 rings (SSSR count). The fourth-order valence-corrected chi connectivity index (χ4v) is 3.42. The van der Waals surface area contributed by atoms with Crippen molar-refractivity contribution in [2.24, 2.45) is 4.99 Å². The van der Waals surface area contributed by atoms with E-state index in [-0.39, 0.29) is 29.7 Å². The molecule has 2 N–H and O–H groups in total. The normalized spacial score (nSPS) is 12.3. The molecule has 1 aromatic rings. The lowest BCUT2D eigenvalue weighted by Gasteiger charge is -2.24. The fraction of sp³-hybridized carbons (Fsp3) is 0.632. The molecule has 156 valence electrons. The van der Waals surface area contributed by atoms with Gasteiger partial charge in [-0.05, 0) is 52.3 Å². The van der Waals surface area contributed by atoms with Crippen LogP contribution >= 0.6 is 24.0 Å². The summed E-state index contributed by atoms with van der Waals surface area (Å²) in [6, 6.07) is 8.44. The van der Waals surface area contributed by atoms with Gasteiger partial charge in [0.25, 0.3) is 0 Å². The average molecular weight is 510 g/mol. The molecule has 27 heavy (non-hydrogen) atoms. The first kappa shape index (κ1) is 26.0. The van der Waals surface area contributed by atoms with Crippen molar-refractivity contribution in [1.29, 1.82) is 0 Å². The summed E-state index contributed by atoms with van der Waals surface area (Å²) in [5.41, 5.74) is 2.44. The van der Waals surface area contributed by atoms with E-state index >= 15 is 0 Å². The van der Waals surface area contributed by atoms with Crippen LogP contribution in [0, 0.1) is 6.92 Å². The van der Waals surface area contributed by atoms with Gasteiger partial charge in [0.05, 0.1) is 10.5 Å². The van der Waals surface area contributed by atoms with Crippen LogP contribution in [0.1, 0.15) is 33.3 Å². The van der Waals surface area contributed by atoms with E-state index in [9.17, 15) is 8.42 Å². The molecule has 0 spiro atoms. The van der Waals surface area contributed by atoms with Crippen LogP contribution in [0.15, 0.2) is 29.3 Å². The van der Waals surface area contributed by atoms with Crippen LogP contribution in [0.25, 0.3) is 0 Å². The molecule has 0 aromatic heterocycles. The number of hydrogen-bond donors (Lipinski definition) is 2. The maximum absolute atomic E-state index is 12.1. The Morgan fingerprint density at radius 2 is 1.81 bits per heavy atom. The Morgan fingerprint density at radius 3 is 2.33 bits per heavy atom. The van der Waals surface area contributed by atoms with E-state index in [0.29, 0.717) is 19.0 Å². The van der Waals surface area contributed by atoms with Gasteiger partial charge in [-0.2, -0.15) is 0 Å². The highest BCUT2D eigenvalue weighted by atomic mass is 127. The Labute approximate surface area is 182 Å². The lowest BCUT2D eigenvalue weighted by atomic mass is 10.2. The van der Waals surface area contributed by atoms with Gasteiger partial charge < -0.3 is 15.5 Å². The van der Waals surface area contributed by atoms with Crippen molar-refractivity contribution in [2.45, 2.75) is 39.4 Å². The van der Waals surface area contributed by atoms with Crippen LogP contribution in [0.4, 0.5) is 5.69 Å². The van der Waals surface area contributed by atoms with E-state index < -0.39 is 14.6 Å². The summed E-state index contributed by atoms with van der Waals surface area (Å²) in [6.07, 6.45) is 0. The molecule has 0 radical (unpaired) electrons. The quantitative estimate of drug-likeness (QED) is 0.320. The molecule has 0 fully saturated rings. The molecule has 8 heteroatoms. The molecule has 6 nitrogen and oxygen atoms in total. The molecule has 1 aromatic carbocycles. The molecule has 0 bridgehead atoms. The standard InChI is InChI=1S/C19H34N4O2S.HI/c1-7-23(17-10-8-9-16(2)15-17)13-11-21-18(20-6)22-12-14-26(24,25)19(3,4)5;/h8-10,15H,7,11-14H2,1-6H3,(H2,20,21,22);1H. The number of nitrogens with zero attached hydrogens (tertiary/aromatic N) is 2. The summed E-state index contributed by atoms with van der Waals surface area (Å²) >= 11 is 0. The van der Waals surface area contributed by atoms with Crippen LogP contribution in [0.5, 0.6) is 0 Å². The summed E-state index contributed by atoms with van der Waals surface area (Å²) in [4.78, 5) is 6.45. The second kappa shape index (κ2) is 11.7. The molecule has 0 unspecified atom stereocenters. The second-order valence-electron chi connectivity index (χ2n) is 7.28. The molecule has 0 atom stereocenters. The van der Waals surface area contributed by atoms with Crippen molar-refractivity contribution in [3.05, 3.63) is 29.8 Å². The van der Waals surface area contributed by atoms with Gasteiger partial charge in [-0.3, -0.25) is 4.99 Å². The van der Waals surface area contributed by atoms with E-state index in [1.807, 2.05) is 0 Å². The first-order chi connectivity index (χ1) is 12.1. The molecular weight excluding hydrogens is 475 g/mol. The minimum absolute atomic E-state index is 0. The van der Waals surface area contributed by atoms with Gasteiger partial charge in [-0.25, -0.2) is 8.42 Å². The molecule has 0 amide bonds. The zero-order valence-corrected chi connectivity index (χ0v) is 20.5. The summed E-state index contributed by atoms with van der Waals surface area (Å²) in [6.45, 7) is 12.2. The molecule has 0 aliphatic carbocycles. The van der Waals surface area contributed by atoms with E-state index in [1.165, 1.54) is 11.3 Å². The number of benzene rings is 1. The number of sulfone groups is 1. The zero-order chi connectivity index (χ0) is 19.8. The molecular formula is C19H35IN4O2S. The van der Waals surface area contributed by atoms with Crippen molar-refractivity contribution in [3.63, 3.8) is 0 Å². The smallest absolute Gasteiger partial charge is 0.191 e. The summed E-state index contributed by atoms with van der Waals surface area (Å²) in [5, 5.41) is 6.33. The monoisotopic (exact) mass is 510 g/mol. The number of nitrogens with one attached hydrogen (secondary N) is 2. The number of halogens is 1. The van der Waals surface area contributed by atoms with E-state index in [0.717, 1.165) is 13.1 Å². The average Bonchev–Trinajstić information content (AvgIpc) is 2.56. The number of hydrogen-bond acceptors (Lipinski definition) is 4. The first-order valence-electron chi connectivity index (χ1n) is 9.09. The number of aryl methyl sites for hydroxylation is 1. The van der Waals surface area contributed by atoms with Crippen molar-refractivity contribution in [1.82, 2.24) is 10.6 Å². The lowest BCUT2D eigenvalue weighted by molar-refractivity contribution is 0.559. The van der Waals surface area contributed by atoms with Gasteiger partial charge in [0.2, 0.25) is 0 Å². The maximum Gasteiger partial charge on any atom is 0.191 e. The minimum atomic E-state index is -3.13.